The lowest BCUT2D eigenvalue weighted by molar-refractivity contribution is 0.102. The number of aromatic amines is 2. The minimum absolute atomic E-state index is 0.0119. The summed E-state index contributed by atoms with van der Waals surface area (Å²) in [6.07, 6.45) is 0. The van der Waals surface area contributed by atoms with E-state index in [4.69, 9.17) is 4.74 Å². The fourth-order valence-corrected chi connectivity index (χ4v) is 4.52. The van der Waals surface area contributed by atoms with Crippen molar-refractivity contribution in [3.63, 3.8) is 0 Å². The summed E-state index contributed by atoms with van der Waals surface area (Å²) in [5, 5.41) is 2.93. The van der Waals surface area contributed by atoms with Crippen LogP contribution in [0.3, 0.4) is 0 Å². The predicted molar refractivity (Wildman–Crippen MR) is 123 cm³/mol. The van der Waals surface area contributed by atoms with E-state index >= 15 is 0 Å². The van der Waals surface area contributed by atoms with Gasteiger partial charge in [0.05, 0.1) is 34.6 Å². The average Bonchev–Trinajstić information content (AvgIpc) is 2.79. The van der Waals surface area contributed by atoms with Crippen molar-refractivity contribution in [2.45, 2.75) is 4.90 Å². The smallest absolute Gasteiger partial charge is 0.326 e. The van der Waals surface area contributed by atoms with Gasteiger partial charge in [-0.25, -0.2) is 17.5 Å². The molecule has 0 spiro atoms. The van der Waals surface area contributed by atoms with Crippen LogP contribution >= 0.6 is 0 Å². The van der Waals surface area contributed by atoms with E-state index in [1.54, 1.807) is 12.1 Å². The summed E-state index contributed by atoms with van der Waals surface area (Å²) < 4.78 is 31.8. The van der Waals surface area contributed by atoms with Gasteiger partial charge in [0.1, 0.15) is 0 Å². The number of benzene rings is 2. The highest BCUT2D eigenvalue weighted by atomic mass is 32.2. The van der Waals surface area contributed by atoms with Crippen LogP contribution in [0.15, 0.2) is 50.9 Å². The topological polar surface area (TPSA) is 145 Å². The fourth-order valence-electron chi connectivity index (χ4n) is 3.59. The first-order valence-corrected chi connectivity index (χ1v) is 11.6. The van der Waals surface area contributed by atoms with Gasteiger partial charge in [0.15, 0.2) is 0 Å². The summed E-state index contributed by atoms with van der Waals surface area (Å²) in [7, 11) is -0.924. The van der Waals surface area contributed by atoms with E-state index < -0.39 is 27.2 Å². The first-order valence-electron chi connectivity index (χ1n) is 10.1. The lowest BCUT2D eigenvalue weighted by atomic mass is 10.1. The molecule has 1 amide bonds. The highest BCUT2D eigenvalue weighted by molar-refractivity contribution is 7.89. The number of sulfonamides is 1. The largest absolute Gasteiger partial charge is 0.378 e. The van der Waals surface area contributed by atoms with Gasteiger partial charge >= 0.3 is 5.69 Å². The Morgan fingerprint density at radius 2 is 1.79 bits per heavy atom. The second-order valence-corrected chi connectivity index (χ2v) is 9.84. The molecule has 0 unspecified atom stereocenters. The third-order valence-corrected chi connectivity index (χ3v) is 7.15. The summed E-state index contributed by atoms with van der Waals surface area (Å²) >= 11 is 0. The van der Waals surface area contributed by atoms with Crippen LogP contribution in [0.1, 0.15) is 10.4 Å². The number of amides is 1. The molecule has 3 aromatic rings. The zero-order chi connectivity index (χ0) is 23.8. The molecular formula is C21H23N5O6S. The molecule has 33 heavy (non-hydrogen) atoms. The molecule has 1 saturated heterocycles. The summed E-state index contributed by atoms with van der Waals surface area (Å²) in [5.74, 6) is -0.535. The maximum absolute atomic E-state index is 13.3. The molecule has 0 aliphatic carbocycles. The molecule has 1 aliphatic heterocycles. The van der Waals surface area contributed by atoms with E-state index in [2.05, 4.69) is 15.3 Å². The number of nitrogens with one attached hydrogen (secondary N) is 3. The number of morpholine rings is 1. The Kier molecular flexibility index (Phi) is 6.06. The van der Waals surface area contributed by atoms with Crippen molar-refractivity contribution >= 4 is 38.2 Å². The van der Waals surface area contributed by atoms with Crippen LogP contribution in [0.5, 0.6) is 0 Å². The molecule has 1 aliphatic rings. The molecule has 4 rings (SSSR count). The van der Waals surface area contributed by atoms with E-state index in [0.29, 0.717) is 43.2 Å². The lowest BCUT2D eigenvalue weighted by Gasteiger charge is -2.30. The van der Waals surface area contributed by atoms with Crippen molar-refractivity contribution in [1.29, 1.82) is 0 Å². The van der Waals surface area contributed by atoms with Gasteiger partial charge in [-0.1, -0.05) is 0 Å². The zero-order valence-electron chi connectivity index (χ0n) is 18.0. The number of nitrogens with zero attached hydrogens (tertiary/aromatic N) is 2. The molecule has 11 nitrogen and oxygen atoms in total. The average molecular weight is 474 g/mol. The summed E-state index contributed by atoms with van der Waals surface area (Å²) in [5.41, 5.74) is 0.191. The summed E-state index contributed by atoms with van der Waals surface area (Å²) in [6.45, 7) is 2.09. The third-order valence-electron chi connectivity index (χ3n) is 5.34. The number of H-pyrrole nitrogens is 2. The summed E-state index contributed by atoms with van der Waals surface area (Å²) in [6, 6.07) is 8.94. The molecule has 0 saturated carbocycles. The first kappa shape index (κ1) is 22.7. The lowest BCUT2D eigenvalue weighted by Crippen LogP contribution is -2.37. The van der Waals surface area contributed by atoms with Crippen LogP contribution in [-0.4, -0.2) is 69.0 Å². The number of anilines is 2. The van der Waals surface area contributed by atoms with Gasteiger partial charge < -0.3 is 19.9 Å². The van der Waals surface area contributed by atoms with Gasteiger partial charge in [0.2, 0.25) is 10.0 Å². The number of hydrogen-bond acceptors (Lipinski definition) is 7. The second-order valence-electron chi connectivity index (χ2n) is 7.69. The van der Waals surface area contributed by atoms with Gasteiger partial charge in [-0.15, -0.1) is 0 Å². The van der Waals surface area contributed by atoms with Gasteiger partial charge in [-0.05, 0) is 36.4 Å². The molecule has 0 bridgehead atoms. The second kappa shape index (κ2) is 8.81. The van der Waals surface area contributed by atoms with Crippen LogP contribution < -0.4 is 21.5 Å². The molecule has 0 atom stereocenters. The van der Waals surface area contributed by atoms with Crippen molar-refractivity contribution in [1.82, 2.24) is 14.3 Å². The number of ether oxygens (including phenoxy) is 1. The quantitative estimate of drug-likeness (QED) is 0.491. The molecule has 1 aromatic heterocycles. The standard InChI is InChI=1S/C21H23N5O6S/c1-25(2)33(30,31)14-4-6-18(26-7-9-32-10-8-26)16(12-14)20(28)22-13-3-5-17-15(11-13)19(27)24-21(29)23-17/h3-6,11-12H,7-10H2,1-2H3,(H,22,28)(H2,23,24,27,29). The van der Waals surface area contributed by atoms with Gasteiger partial charge in [-0.3, -0.25) is 14.6 Å². The molecule has 2 aromatic carbocycles. The maximum Gasteiger partial charge on any atom is 0.326 e. The third kappa shape index (κ3) is 4.53. The number of hydrogen-bond donors (Lipinski definition) is 3. The van der Waals surface area contributed by atoms with Crippen LogP contribution in [0, 0.1) is 0 Å². The number of carbonyl (C=O) groups is 1. The van der Waals surface area contributed by atoms with Crippen LogP contribution in [0.25, 0.3) is 10.9 Å². The Hall–Kier alpha value is -3.48. The number of aromatic nitrogens is 2. The van der Waals surface area contributed by atoms with Crippen LogP contribution in [-0.2, 0) is 14.8 Å². The van der Waals surface area contributed by atoms with Crippen molar-refractivity contribution < 1.29 is 17.9 Å². The fraction of sp³-hybridized carbons (Fsp3) is 0.286. The zero-order valence-corrected chi connectivity index (χ0v) is 18.9. The van der Waals surface area contributed by atoms with Crippen LogP contribution in [0.2, 0.25) is 0 Å². The molecule has 0 radical (unpaired) electrons. The molecule has 12 heteroatoms. The van der Waals surface area contributed by atoms with Gasteiger partial charge in [0.25, 0.3) is 11.5 Å². The molecule has 1 fully saturated rings. The Labute approximate surface area is 189 Å². The van der Waals surface area contributed by atoms with E-state index in [9.17, 15) is 22.8 Å². The minimum Gasteiger partial charge on any atom is -0.378 e. The van der Waals surface area contributed by atoms with E-state index in [1.807, 2.05) is 4.90 Å². The predicted octanol–water partition coefficient (Wildman–Crippen LogP) is 0.556. The molecule has 174 valence electrons. The Balaban J connectivity index is 1.75. The van der Waals surface area contributed by atoms with E-state index in [-0.39, 0.29) is 15.8 Å². The maximum atomic E-state index is 13.3. The first-order chi connectivity index (χ1) is 15.7. The number of carbonyl (C=O) groups excluding carboxylic acids is 1. The molecular weight excluding hydrogens is 450 g/mol. The van der Waals surface area contributed by atoms with Crippen LogP contribution in [0.4, 0.5) is 11.4 Å². The molecule has 3 N–H and O–H groups in total. The highest BCUT2D eigenvalue weighted by Crippen LogP contribution is 2.27. The number of fused-ring (bicyclic) bond motifs is 1. The number of rotatable bonds is 5. The highest BCUT2D eigenvalue weighted by Gasteiger charge is 2.24. The Morgan fingerprint density at radius 3 is 2.48 bits per heavy atom. The van der Waals surface area contributed by atoms with E-state index in [0.717, 1.165) is 4.31 Å². The monoisotopic (exact) mass is 473 g/mol. The van der Waals surface area contributed by atoms with Crippen molar-refractivity contribution in [3.05, 3.63) is 62.8 Å². The van der Waals surface area contributed by atoms with E-state index in [1.165, 1.54) is 38.4 Å². The van der Waals surface area contributed by atoms with Crippen molar-refractivity contribution in [2.75, 3.05) is 50.6 Å². The minimum atomic E-state index is -3.76. The SMILES string of the molecule is CN(C)S(=O)(=O)c1ccc(N2CCOCC2)c(C(=O)Nc2ccc3[nH]c(=O)[nH]c(=O)c3c2)c1. The van der Waals surface area contributed by atoms with Gasteiger partial charge in [0, 0.05) is 38.6 Å². The molecule has 2 heterocycles. The Bertz CT molecular complexity index is 1440. The summed E-state index contributed by atoms with van der Waals surface area (Å²) in [4.78, 5) is 43.4. The van der Waals surface area contributed by atoms with Crippen molar-refractivity contribution in [3.8, 4) is 0 Å². The normalized spacial score (nSPS) is 14.6. The van der Waals surface area contributed by atoms with Crippen molar-refractivity contribution in [2.24, 2.45) is 0 Å². The van der Waals surface area contributed by atoms with Gasteiger partial charge in [-0.2, -0.15) is 0 Å². The Morgan fingerprint density at radius 1 is 1.06 bits per heavy atom.